The second-order valence-electron chi connectivity index (χ2n) is 2.82. The molecule has 0 aliphatic heterocycles. The summed E-state index contributed by atoms with van der Waals surface area (Å²) in [6, 6.07) is 0. The lowest BCUT2D eigenvalue weighted by Crippen LogP contribution is -2.34. The molecule has 0 atom stereocenters. The van der Waals surface area contributed by atoms with Crippen molar-refractivity contribution in [2.75, 3.05) is 0 Å². The normalized spacial score (nSPS) is 33.7. The van der Waals surface area contributed by atoms with E-state index in [1.807, 2.05) is 0 Å². The number of rotatable bonds is 1. The van der Waals surface area contributed by atoms with Gasteiger partial charge < -0.3 is 15.0 Å². The Bertz CT molecular complexity index is 125. The number of hydrogen-bond donors (Lipinski definition) is 1. The monoisotopic (exact) mass is 143 g/mol. The zero-order chi connectivity index (χ0) is 7.56. The second kappa shape index (κ2) is 3.01. The highest BCUT2D eigenvalue weighted by atomic mass is 16.4. The summed E-state index contributed by atoms with van der Waals surface area (Å²) < 4.78 is 0. The van der Waals surface area contributed by atoms with Gasteiger partial charge in [-0.15, -0.1) is 0 Å². The molecule has 0 heterocycles. The van der Waals surface area contributed by atoms with E-state index in [2.05, 4.69) is 0 Å². The molecule has 1 aliphatic carbocycles. The Balaban J connectivity index is 2.33. The van der Waals surface area contributed by atoms with Gasteiger partial charge in [-0.2, -0.15) is 0 Å². The first-order chi connectivity index (χ1) is 4.70. The third kappa shape index (κ3) is 1.70. The molecule has 0 unspecified atom stereocenters. The van der Waals surface area contributed by atoms with E-state index in [0.29, 0.717) is 25.7 Å². The summed E-state index contributed by atoms with van der Waals surface area (Å²) in [7, 11) is 0. The number of carboxylic acids is 1. The molecule has 0 aromatic heterocycles. The largest absolute Gasteiger partial charge is 0.550 e. The van der Waals surface area contributed by atoms with E-state index < -0.39 is 5.97 Å². The first-order valence-corrected chi connectivity index (χ1v) is 3.59. The summed E-state index contributed by atoms with van der Waals surface area (Å²) in [5.74, 6) is -1.28. The topological polar surface area (TPSA) is 60.4 Å². The fourth-order valence-corrected chi connectivity index (χ4v) is 1.31. The third-order valence-corrected chi connectivity index (χ3v) is 2.03. The molecular formula is C7H11O3-. The van der Waals surface area contributed by atoms with E-state index in [-0.39, 0.29) is 12.0 Å². The highest BCUT2D eigenvalue weighted by Crippen LogP contribution is 2.23. The van der Waals surface area contributed by atoms with Gasteiger partial charge in [-0.05, 0) is 31.6 Å². The Labute approximate surface area is 59.7 Å². The third-order valence-electron chi connectivity index (χ3n) is 2.03. The van der Waals surface area contributed by atoms with Gasteiger partial charge >= 0.3 is 0 Å². The Morgan fingerprint density at radius 3 is 2.20 bits per heavy atom. The average molecular weight is 143 g/mol. The van der Waals surface area contributed by atoms with Crippen molar-refractivity contribution in [2.24, 2.45) is 5.92 Å². The van der Waals surface area contributed by atoms with Crippen LogP contribution in [0.2, 0.25) is 0 Å². The standard InChI is InChI=1S/C7H12O3/c8-6-3-1-5(2-4-6)7(9)10/h5-6,8H,1-4H2,(H,9,10)/p-1. The molecule has 58 valence electrons. The van der Waals surface area contributed by atoms with Crippen LogP contribution in [0.1, 0.15) is 25.7 Å². The maximum Gasteiger partial charge on any atom is 0.0540 e. The number of aliphatic hydroxyl groups excluding tert-OH is 1. The van der Waals surface area contributed by atoms with Crippen LogP contribution >= 0.6 is 0 Å². The van der Waals surface area contributed by atoms with Gasteiger partial charge in [0.1, 0.15) is 0 Å². The van der Waals surface area contributed by atoms with Crippen molar-refractivity contribution in [1.82, 2.24) is 0 Å². The van der Waals surface area contributed by atoms with Gasteiger partial charge in [0.15, 0.2) is 0 Å². The quantitative estimate of drug-likeness (QED) is 0.527. The fourth-order valence-electron chi connectivity index (χ4n) is 1.31. The Morgan fingerprint density at radius 1 is 1.30 bits per heavy atom. The van der Waals surface area contributed by atoms with Crippen molar-refractivity contribution in [2.45, 2.75) is 31.8 Å². The van der Waals surface area contributed by atoms with Crippen LogP contribution in [0.4, 0.5) is 0 Å². The predicted molar refractivity (Wildman–Crippen MR) is 33.0 cm³/mol. The molecular weight excluding hydrogens is 132 g/mol. The molecule has 3 nitrogen and oxygen atoms in total. The summed E-state index contributed by atoms with van der Waals surface area (Å²) >= 11 is 0. The Kier molecular flexibility index (Phi) is 2.27. The van der Waals surface area contributed by atoms with Gasteiger partial charge in [0, 0.05) is 5.97 Å². The van der Waals surface area contributed by atoms with Crippen molar-refractivity contribution in [1.29, 1.82) is 0 Å². The maximum absolute atomic E-state index is 10.3. The molecule has 0 aromatic rings. The predicted octanol–water partition coefficient (Wildman–Crippen LogP) is -0.713. The zero-order valence-corrected chi connectivity index (χ0v) is 5.75. The van der Waals surface area contributed by atoms with Crippen LogP contribution in [0.3, 0.4) is 0 Å². The molecule has 10 heavy (non-hydrogen) atoms. The molecule has 0 aromatic carbocycles. The summed E-state index contributed by atoms with van der Waals surface area (Å²) in [5, 5.41) is 19.3. The fraction of sp³-hybridized carbons (Fsp3) is 0.857. The number of aliphatic hydroxyl groups is 1. The van der Waals surface area contributed by atoms with Gasteiger partial charge in [0.2, 0.25) is 0 Å². The first kappa shape index (κ1) is 7.54. The maximum atomic E-state index is 10.3. The van der Waals surface area contributed by atoms with Crippen LogP contribution in [0.15, 0.2) is 0 Å². The van der Waals surface area contributed by atoms with E-state index >= 15 is 0 Å². The van der Waals surface area contributed by atoms with Crippen molar-refractivity contribution in [3.8, 4) is 0 Å². The highest BCUT2D eigenvalue weighted by Gasteiger charge is 2.19. The number of hydrogen-bond acceptors (Lipinski definition) is 3. The number of aliphatic carboxylic acids is 1. The summed E-state index contributed by atoms with van der Waals surface area (Å²) in [5.41, 5.74) is 0. The van der Waals surface area contributed by atoms with Crippen molar-refractivity contribution >= 4 is 5.97 Å². The lowest BCUT2D eigenvalue weighted by Gasteiger charge is -2.25. The van der Waals surface area contributed by atoms with Gasteiger partial charge in [-0.3, -0.25) is 0 Å². The number of carbonyl (C=O) groups is 1. The molecule has 0 spiro atoms. The number of carbonyl (C=O) groups excluding carboxylic acids is 1. The van der Waals surface area contributed by atoms with E-state index in [9.17, 15) is 9.90 Å². The molecule has 0 saturated heterocycles. The van der Waals surface area contributed by atoms with Crippen LogP contribution in [0, 0.1) is 5.92 Å². The average Bonchev–Trinajstić information content (AvgIpc) is 1.88. The van der Waals surface area contributed by atoms with Crippen LogP contribution in [-0.4, -0.2) is 17.2 Å². The van der Waals surface area contributed by atoms with E-state index in [1.165, 1.54) is 0 Å². The van der Waals surface area contributed by atoms with Crippen LogP contribution in [-0.2, 0) is 4.79 Å². The minimum Gasteiger partial charge on any atom is -0.550 e. The molecule has 1 saturated carbocycles. The smallest absolute Gasteiger partial charge is 0.0540 e. The van der Waals surface area contributed by atoms with Gasteiger partial charge in [0.25, 0.3) is 0 Å². The van der Waals surface area contributed by atoms with Gasteiger partial charge in [-0.1, -0.05) is 0 Å². The van der Waals surface area contributed by atoms with Crippen molar-refractivity contribution in [3.05, 3.63) is 0 Å². The van der Waals surface area contributed by atoms with Crippen LogP contribution < -0.4 is 5.11 Å². The SMILES string of the molecule is O=C([O-])C1CCC(O)CC1. The van der Waals surface area contributed by atoms with Crippen molar-refractivity contribution < 1.29 is 15.0 Å². The highest BCUT2D eigenvalue weighted by molar-refractivity contribution is 5.67. The molecule has 1 rings (SSSR count). The van der Waals surface area contributed by atoms with E-state index in [4.69, 9.17) is 5.11 Å². The molecule has 1 aliphatic rings. The first-order valence-electron chi connectivity index (χ1n) is 3.59. The summed E-state index contributed by atoms with van der Waals surface area (Å²) in [4.78, 5) is 10.3. The lowest BCUT2D eigenvalue weighted by atomic mass is 9.88. The Morgan fingerprint density at radius 2 is 1.80 bits per heavy atom. The van der Waals surface area contributed by atoms with Crippen LogP contribution in [0.25, 0.3) is 0 Å². The molecule has 1 N–H and O–H groups in total. The molecule has 0 bridgehead atoms. The number of carboxylic acid groups (broad SMARTS) is 1. The summed E-state index contributed by atoms with van der Waals surface area (Å²) in [6.45, 7) is 0. The van der Waals surface area contributed by atoms with Crippen molar-refractivity contribution in [3.63, 3.8) is 0 Å². The van der Waals surface area contributed by atoms with Gasteiger partial charge in [-0.25, -0.2) is 0 Å². The molecule has 1 fully saturated rings. The minimum absolute atomic E-state index is 0.282. The van der Waals surface area contributed by atoms with E-state index in [1.54, 1.807) is 0 Å². The summed E-state index contributed by atoms with van der Waals surface area (Å²) in [6.07, 6.45) is 2.08. The molecule has 3 heteroatoms. The molecule has 0 radical (unpaired) electrons. The second-order valence-corrected chi connectivity index (χ2v) is 2.82. The van der Waals surface area contributed by atoms with Crippen LogP contribution in [0.5, 0.6) is 0 Å². The Hall–Kier alpha value is -0.570. The minimum atomic E-state index is -0.966. The van der Waals surface area contributed by atoms with Gasteiger partial charge in [0.05, 0.1) is 6.10 Å². The van der Waals surface area contributed by atoms with E-state index in [0.717, 1.165) is 0 Å². The zero-order valence-electron chi connectivity index (χ0n) is 5.75. The molecule has 0 amide bonds. The lowest BCUT2D eigenvalue weighted by molar-refractivity contribution is -0.312.